The molecule has 0 saturated carbocycles. The number of carbonyl (C=O) groups excluding carboxylic acids is 1. The van der Waals surface area contributed by atoms with E-state index in [4.69, 9.17) is 15.2 Å². The van der Waals surface area contributed by atoms with Crippen LogP contribution in [0.4, 0.5) is 5.82 Å². The molecule has 3 N–H and O–H groups in total. The van der Waals surface area contributed by atoms with Crippen LogP contribution in [0, 0.1) is 6.92 Å². The molecular weight excluding hydrogens is 320 g/mol. The summed E-state index contributed by atoms with van der Waals surface area (Å²) in [7, 11) is 1.62. The van der Waals surface area contributed by atoms with Crippen LogP contribution < -0.4 is 20.5 Å². The lowest BCUT2D eigenvalue weighted by molar-refractivity contribution is -0.123. The molecule has 0 saturated heterocycles. The summed E-state index contributed by atoms with van der Waals surface area (Å²) in [6.07, 6.45) is 0.672. The number of amides is 1. The maximum Gasteiger partial charge on any atom is 0.242 e. The van der Waals surface area contributed by atoms with Crippen molar-refractivity contribution in [3.05, 3.63) is 35.5 Å². The SMILES string of the molecule is COc1ccc2c(c1)OC(C)(C)C[C@H]2NC(=O)Cn1nc(C)cc1N. The number of nitrogens with one attached hydrogen (secondary N) is 1. The highest BCUT2D eigenvalue weighted by Gasteiger charge is 2.34. The van der Waals surface area contributed by atoms with Gasteiger partial charge in [0.1, 0.15) is 29.5 Å². The monoisotopic (exact) mass is 344 g/mol. The zero-order valence-electron chi connectivity index (χ0n) is 15.0. The fourth-order valence-electron chi connectivity index (χ4n) is 3.16. The van der Waals surface area contributed by atoms with E-state index < -0.39 is 5.60 Å². The Morgan fingerprint density at radius 1 is 1.48 bits per heavy atom. The van der Waals surface area contributed by atoms with E-state index in [1.165, 1.54) is 4.68 Å². The van der Waals surface area contributed by atoms with E-state index in [1.54, 1.807) is 13.2 Å². The van der Waals surface area contributed by atoms with Crippen molar-refractivity contribution in [3.63, 3.8) is 0 Å². The van der Waals surface area contributed by atoms with E-state index in [9.17, 15) is 4.79 Å². The van der Waals surface area contributed by atoms with E-state index in [1.807, 2.05) is 39.0 Å². The number of methoxy groups -OCH3 is 1. The van der Waals surface area contributed by atoms with Crippen LogP contribution in [0.1, 0.15) is 37.6 Å². The van der Waals surface area contributed by atoms with Crippen LogP contribution in [0.5, 0.6) is 11.5 Å². The van der Waals surface area contributed by atoms with Crippen LogP contribution in [0.15, 0.2) is 24.3 Å². The molecule has 1 aliphatic rings. The summed E-state index contributed by atoms with van der Waals surface area (Å²) in [5, 5.41) is 7.31. The maximum absolute atomic E-state index is 12.5. The molecule has 0 spiro atoms. The smallest absolute Gasteiger partial charge is 0.242 e. The van der Waals surface area contributed by atoms with Crippen LogP contribution in [-0.4, -0.2) is 28.4 Å². The molecule has 25 heavy (non-hydrogen) atoms. The average molecular weight is 344 g/mol. The number of carbonyl (C=O) groups is 1. The van der Waals surface area contributed by atoms with Crippen molar-refractivity contribution in [2.45, 2.75) is 45.4 Å². The van der Waals surface area contributed by atoms with Crippen molar-refractivity contribution in [2.24, 2.45) is 0 Å². The second-order valence-electron chi connectivity index (χ2n) is 6.96. The Hall–Kier alpha value is -2.70. The number of hydrogen-bond acceptors (Lipinski definition) is 5. The third-order valence-corrected chi connectivity index (χ3v) is 4.24. The van der Waals surface area contributed by atoms with Crippen LogP contribution in [0.3, 0.4) is 0 Å². The lowest BCUT2D eigenvalue weighted by Crippen LogP contribution is -2.42. The number of hydrogen-bond donors (Lipinski definition) is 2. The molecule has 1 atom stereocenters. The van der Waals surface area contributed by atoms with Gasteiger partial charge < -0.3 is 20.5 Å². The van der Waals surface area contributed by atoms with Gasteiger partial charge in [-0.2, -0.15) is 5.10 Å². The first-order valence-corrected chi connectivity index (χ1v) is 8.23. The number of benzene rings is 1. The maximum atomic E-state index is 12.5. The number of aryl methyl sites for hydroxylation is 1. The van der Waals surface area contributed by atoms with Gasteiger partial charge in [-0.25, -0.2) is 4.68 Å². The van der Waals surface area contributed by atoms with Crippen LogP contribution in [0.2, 0.25) is 0 Å². The molecule has 1 aromatic carbocycles. The van der Waals surface area contributed by atoms with Crippen molar-refractivity contribution in [2.75, 3.05) is 12.8 Å². The van der Waals surface area contributed by atoms with E-state index in [2.05, 4.69) is 10.4 Å². The predicted molar refractivity (Wildman–Crippen MR) is 94.6 cm³/mol. The quantitative estimate of drug-likeness (QED) is 0.887. The zero-order chi connectivity index (χ0) is 18.2. The molecule has 0 aliphatic carbocycles. The Bertz CT molecular complexity index is 798. The first-order valence-electron chi connectivity index (χ1n) is 8.23. The summed E-state index contributed by atoms with van der Waals surface area (Å²) >= 11 is 0. The Morgan fingerprint density at radius 3 is 2.88 bits per heavy atom. The number of nitrogens with two attached hydrogens (primary N) is 1. The minimum absolute atomic E-state index is 0.0863. The third-order valence-electron chi connectivity index (χ3n) is 4.24. The first-order chi connectivity index (χ1) is 11.8. The van der Waals surface area contributed by atoms with Gasteiger partial charge in [0.15, 0.2) is 0 Å². The second-order valence-corrected chi connectivity index (χ2v) is 6.96. The predicted octanol–water partition coefficient (Wildman–Crippen LogP) is 2.20. The highest BCUT2D eigenvalue weighted by atomic mass is 16.5. The van der Waals surface area contributed by atoms with Crippen molar-refractivity contribution >= 4 is 11.7 Å². The normalized spacial score (nSPS) is 18.2. The Labute approximate surface area is 147 Å². The van der Waals surface area contributed by atoms with Gasteiger partial charge in [-0.15, -0.1) is 0 Å². The number of nitrogen functional groups attached to an aromatic ring is 1. The summed E-state index contributed by atoms with van der Waals surface area (Å²) < 4.78 is 12.8. The molecule has 0 unspecified atom stereocenters. The van der Waals surface area contributed by atoms with Crippen molar-refractivity contribution in [1.29, 1.82) is 0 Å². The minimum Gasteiger partial charge on any atom is -0.497 e. The van der Waals surface area contributed by atoms with Gasteiger partial charge in [-0.05, 0) is 32.9 Å². The molecule has 2 aromatic rings. The Morgan fingerprint density at radius 2 is 2.24 bits per heavy atom. The fraction of sp³-hybridized carbons (Fsp3) is 0.444. The van der Waals surface area contributed by atoms with Crippen LogP contribution in [-0.2, 0) is 11.3 Å². The minimum atomic E-state index is -0.390. The van der Waals surface area contributed by atoms with E-state index in [0.717, 1.165) is 22.8 Å². The highest BCUT2D eigenvalue weighted by molar-refractivity contribution is 5.77. The molecule has 7 nitrogen and oxygen atoms in total. The average Bonchev–Trinajstić information content (AvgIpc) is 2.82. The number of anilines is 1. The number of nitrogens with zero attached hydrogens (tertiary/aromatic N) is 2. The highest BCUT2D eigenvalue weighted by Crippen LogP contribution is 2.41. The van der Waals surface area contributed by atoms with Gasteiger partial charge >= 0.3 is 0 Å². The summed E-state index contributed by atoms with van der Waals surface area (Å²) in [6, 6.07) is 7.25. The molecule has 0 bridgehead atoms. The van der Waals surface area contributed by atoms with Crippen LogP contribution >= 0.6 is 0 Å². The molecule has 0 radical (unpaired) electrons. The summed E-state index contributed by atoms with van der Waals surface area (Å²) in [5.74, 6) is 1.79. The number of ether oxygens (including phenoxy) is 2. The number of rotatable bonds is 4. The Kier molecular flexibility index (Phi) is 4.32. The van der Waals surface area contributed by atoms with Gasteiger partial charge in [0.2, 0.25) is 5.91 Å². The van der Waals surface area contributed by atoms with Crippen molar-refractivity contribution in [1.82, 2.24) is 15.1 Å². The largest absolute Gasteiger partial charge is 0.497 e. The van der Waals surface area contributed by atoms with E-state index in [-0.39, 0.29) is 18.5 Å². The molecular formula is C18H24N4O3. The molecule has 3 rings (SSSR count). The molecule has 2 heterocycles. The molecule has 134 valence electrons. The topological polar surface area (TPSA) is 91.4 Å². The lowest BCUT2D eigenvalue weighted by Gasteiger charge is -2.38. The lowest BCUT2D eigenvalue weighted by atomic mass is 9.89. The van der Waals surface area contributed by atoms with Gasteiger partial charge in [0, 0.05) is 24.1 Å². The summed E-state index contributed by atoms with van der Waals surface area (Å²) in [4.78, 5) is 12.5. The summed E-state index contributed by atoms with van der Waals surface area (Å²) in [5.41, 5.74) is 7.20. The molecule has 1 aliphatic heterocycles. The second kappa shape index (κ2) is 6.31. The summed E-state index contributed by atoms with van der Waals surface area (Å²) in [6.45, 7) is 5.94. The number of aromatic nitrogens is 2. The van der Waals surface area contributed by atoms with E-state index in [0.29, 0.717) is 12.2 Å². The van der Waals surface area contributed by atoms with Crippen LogP contribution in [0.25, 0.3) is 0 Å². The third kappa shape index (κ3) is 3.70. The van der Waals surface area contributed by atoms with Gasteiger partial charge in [-0.3, -0.25) is 4.79 Å². The zero-order valence-corrected chi connectivity index (χ0v) is 15.0. The first kappa shape index (κ1) is 17.1. The van der Waals surface area contributed by atoms with E-state index >= 15 is 0 Å². The van der Waals surface area contributed by atoms with Gasteiger partial charge in [0.25, 0.3) is 0 Å². The molecule has 0 fully saturated rings. The molecule has 1 aromatic heterocycles. The van der Waals surface area contributed by atoms with Gasteiger partial charge in [0.05, 0.1) is 18.8 Å². The molecule has 7 heteroatoms. The van der Waals surface area contributed by atoms with Gasteiger partial charge in [-0.1, -0.05) is 0 Å². The Balaban J connectivity index is 1.80. The van der Waals surface area contributed by atoms with Crippen molar-refractivity contribution in [3.8, 4) is 11.5 Å². The van der Waals surface area contributed by atoms with Crippen molar-refractivity contribution < 1.29 is 14.3 Å². The number of fused-ring (bicyclic) bond motifs is 1. The fourth-order valence-corrected chi connectivity index (χ4v) is 3.16. The molecule has 1 amide bonds. The standard InChI is InChI=1S/C18H24N4O3/c1-11-7-16(19)22(21-11)10-17(23)20-14-9-18(2,3)25-15-8-12(24-4)5-6-13(14)15/h5-8,14H,9-10,19H2,1-4H3,(H,20,23)/t14-/m1/s1.